The second-order valence-corrected chi connectivity index (χ2v) is 11.4. The molecule has 0 aromatic heterocycles. The number of carbonyl (C=O) groups is 3. The predicted molar refractivity (Wildman–Crippen MR) is 128 cm³/mol. The number of morpholine rings is 1. The summed E-state index contributed by atoms with van der Waals surface area (Å²) in [4.78, 5) is 48.7. The average molecular weight is 491 g/mol. The third kappa shape index (κ3) is 3.70. The van der Waals surface area contributed by atoms with Crippen LogP contribution in [0.25, 0.3) is 0 Å². The van der Waals surface area contributed by atoms with Gasteiger partial charge in [0, 0.05) is 51.6 Å². The summed E-state index contributed by atoms with van der Waals surface area (Å²) in [7, 11) is 1.76. The molecular formula is C24H34N4O5S. The van der Waals surface area contributed by atoms with Crippen molar-refractivity contribution in [3.8, 4) is 0 Å². The van der Waals surface area contributed by atoms with Gasteiger partial charge < -0.3 is 24.5 Å². The average Bonchev–Trinajstić information content (AvgIpc) is 3.18. The summed E-state index contributed by atoms with van der Waals surface area (Å²) in [6.45, 7) is 6.95. The Morgan fingerprint density at radius 3 is 2.62 bits per heavy atom. The van der Waals surface area contributed by atoms with Gasteiger partial charge in [-0.25, -0.2) is 0 Å². The molecule has 3 amide bonds. The standard InChI is InChI=1S/C24H34N4O5S/c1-16(15-29)28-20-23(32)27(10-9-26-11-13-33-14-12-26)8-4-6-24(20)19(22(28)31)18-17(34-24)5-3-7-25(2)21(18)30/h3-6,16-20,29H,7-15H2,1-2H3/t16-,17+,18-,19+,20?,24+/m1/s1. The minimum atomic E-state index is -0.821. The van der Waals surface area contributed by atoms with Crippen LogP contribution in [0.5, 0.6) is 0 Å². The lowest BCUT2D eigenvalue weighted by molar-refractivity contribution is -0.146. The van der Waals surface area contributed by atoms with Crippen LogP contribution < -0.4 is 0 Å². The highest BCUT2D eigenvalue weighted by Gasteiger charge is 2.71. The van der Waals surface area contributed by atoms with E-state index in [2.05, 4.69) is 4.90 Å². The minimum absolute atomic E-state index is 0.0516. The number of rotatable bonds is 5. The molecule has 5 aliphatic rings. The molecule has 34 heavy (non-hydrogen) atoms. The molecule has 0 aliphatic carbocycles. The van der Waals surface area contributed by atoms with E-state index in [-0.39, 0.29) is 29.6 Å². The van der Waals surface area contributed by atoms with Gasteiger partial charge in [-0.1, -0.05) is 24.3 Å². The van der Waals surface area contributed by atoms with Crippen molar-refractivity contribution in [1.82, 2.24) is 19.6 Å². The maximum absolute atomic E-state index is 14.1. The largest absolute Gasteiger partial charge is 0.394 e. The van der Waals surface area contributed by atoms with Crippen molar-refractivity contribution in [3.63, 3.8) is 0 Å². The molecule has 0 bridgehead atoms. The van der Waals surface area contributed by atoms with E-state index in [1.165, 1.54) is 0 Å². The van der Waals surface area contributed by atoms with Crippen LogP contribution in [0.4, 0.5) is 0 Å². The van der Waals surface area contributed by atoms with Crippen LogP contribution in [-0.4, -0.2) is 131 Å². The van der Waals surface area contributed by atoms with Gasteiger partial charge in [0.05, 0.1) is 42.4 Å². The Balaban J connectivity index is 1.49. The Labute approximate surface area is 204 Å². The van der Waals surface area contributed by atoms with Crippen molar-refractivity contribution >= 4 is 29.5 Å². The fourth-order valence-corrected chi connectivity index (χ4v) is 8.09. The van der Waals surface area contributed by atoms with Gasteiger partial charge in [-0.2, -0.15) is 0 Å². The van der Waals surface area contributed by atoms with Crippen molar-refractivity contribution in [1.29, 1.82) is 0 Å². The van der Waals surface area contributed by atoms with E-state index in [1.54, 1.807) is 35.5 Å². The van der Waals surface area contributed by atoms with E-state index in [0.29, 0.717) is 32.8 Å². The summed E-state index contributed by atoms with van der Waals surface area (Å²) >= 11 is 1.58. The number of likely N-dealkylation sites (tertiary alicyclic amines) is 1. The topological polar surface area (TPSA) is 93.6 Å². The highest BCUT2D eigenvalue weighted by molar-refractivity contribution is 8.02. The molecule has 5 aliphatic heterocycles. The minimum Gasteiger partial charge on any atom is -0.394 e. The lowest BCUT2D eigenvalue weighted by Gasteiger charge is -2.38. The number of nitrogens with zero attached hydrogens (tertiary/aromatic N) is 4. The summed E-state index contributed by atoms with van der Waals surface area (Å²) in [5.41, 5.74) is 0. The Morgan fingerprint density at radius 1 is 1.12 bits per heavy atom. The second kappa shape index (κ2) is 9.29. The van der Waals surface area contributed by atoms with Gasteiger partial charge in [0.2, 0.25) is 17.7 Å². The highest BCUT2D eigenvalue weighted by atomic mass is 32.2. The van der Waals surface area contributed by atoms with E-state index >= 15 is 0 Å². The first-order valence-electron chi connectivity index (χ1n) is 12.2. The summed E-state index contributed by atoms with van der Waals surface area (Å²) in [5.74, 6) is -1.49. The molecular weight excluding hydrogens is 456 g/mol. The Bertz CT molecular complexity index is 906. The van der Waals surface area contributed by atoms with Crippen LogP contribution in [0.3, 0.4) is 0 Å². The number of carbonyl (C=O) groups excluding carboxylic acids is 3. The molecule has 0 aromatic carbocycles. The predicted octanol–water partition coefficient (Wildman–Crippen LogP) is -0.577. The van der Waals surface area contributed by atoms with Crippen molar-refractivity contribution in [2.75, 3.05) is 66.1 Å². The molecule has 10 heteroatoms. The van der Waals surface area contributed by atoms with E-state index < -0.39 is 28.7 Å². The van der Waals surface area contributed by atoms with Gasteiger partial charge in [-0.05, 0) is 6.92 Å². The zero-order valence-corrected chi connectivity index (χ0v) is 20.7. The van der Waals surface area contributed by atoms with E-state index in [0.717, 1.165) is 19.6 Å². The number of likely N-dealkylation sites (N-methyl/N-ethyl adjacent to an activating group) is 1. The molecule has 0 aromatic rings. The van der Waals surface area contributed by atoms with Gasteiger partial charge in [0.15, 0.2) is 0 Å². The van der Waals surface area contributed by atoms with Crippen molar-refractivity contribution < 1.29 is 24.2 Å². The van der Waals surface area contributed by atoms with Crippen molar-refractivity contribution in [3.05, 3.63) is 24.3 Å². The molecule has 1 unspecified atom stereocenters. The van der Waals surface area contributed by atoms with Gasteiger partial charge in [0.1, 0.15) is 6.04 Å². The normalized spacial score (nSPS) is 36.9. The summed E-state index contributed by atoms with van der Waals surface area (Å²) in [6.07, 6.45) is 8.04. The number of hydrogen-bond acceptors (Lipinski definition) is 7. The number of amides is 3. The molecule has 5 rings (SSSR count). The first-order valence-corrected chi connectivity index (χ1v) is 13.1. The van der Waals surface area contributed by atoms with Gasteiger partial charge >= 0.3 is 0 Å². The molecule has 9 nitrogen and oxygen atoms in total. The molecule has 186 valence electrons. The molecule has 1 N–H and O–H groups in total. The van der Waals surface area contributed by atoms with Crippen LogP contribution in [0.1, 0.15) is 6.92 Å². The molecule has 6 atom stereocenters. The number of hydrogen-bond donors (Lipinski definition) is 1. The SMILES string of the molecule is C[C@H](CO)N1C(=O)[C@@H]2[C@@H]3C(=O)N(C)CC=C[C@@H]3S[C@@]23C=CCN(CCN2CCOCC2)C(=O)C13. The Morgan fingerprint density at radius 2 is 1.88 bits per heavy atom. The number of ether oxygens (including phenoxy) is 1. The summed E-state index contributed by atoms with van der Waals surface area (Å²) < 4.78 is 4.61. The first kappa shape index (κ1) is 23.8. The van der Waals surface area contributed by atoms with Crippen LogP contribution in [0.2, 0.25) is 0 Å². The van der Waals surface area contributed by atoms with Gasteiger partial charge in [-0.15, -0.1) is 11.8 Å². The zero-order valence-electron chi connectivity index (χ0n) is 19.8. The van der Waals surface area contributed by atoms with Crippen molar-refractivity contribution in [2.45, 2.75) is 29.0 Å². The quantitative estimate of drug-likeness (QED) is 0.516. The first-order chi connectivity index (χ1) is 16.4. The zero-order chi connectivity index (χ0) is 24.0. The third-order valence-corrected chi connectivity index (χ3v) is 9.65. The maximum Gasteiger partial charge on any atom is 0.247 e. The Hall–Kier alpha value is -1.88. The summed E-state index contributed by atoms with van der Waals surface area (Å²) in [5, 5.41) is 9.83. The number of fused-ring (bicyclic) bond motifs is 2. The van der Waals surface area contributed by atoms with Crippen LogP contribution >= 0.6 is 11.8 Å². The molecule has 5 heterocycles. The summed E-state index contributed by atoms with van der Waals surface area (Å²) in [6, 6.07) is -1.25. The lowest BCUT2D eigenvalue weighted by atomic mass is 9.78. The lowest BCUT2D eigenvalue weighted by Crippen LogP contribution is -2.56. The second-order valence-electron chi connectivity index (χ2n) is 9.91. The van der Waals surface area contributed by atoms with E-state index in [1.807, 2.05) is 29.2 Å². The number of aliphatic hydroxyl groups is 1. The third-order valence-electron chi connectivity index (χ3n) is 7.91. The fourth-order valence-electron chi connectivity index (χ4n) is 6.10. The molecule has 3 fully saturated rings. The fraction of sp³-hybridized carbons (Fsp3) is 0.708. The Kier molecular flexibility index (Phi) is 6.52. The molecule has 0 saturated carbocycles. The highest BCUT2D eigenvalue weighted by Crippen LogP contribution is 2.61. The maximum atomic E-state index is 14.1. The van der Waals surface area contributed by atoms with Crippen LogP contribution in [-0.2, 0) is 19.1 Å². The van der Waals surface area contributed by atoms with Crippen LogP contribution in [0, 0.1) is 11.8 Å². The van der Waals surface area contributed by atoms with Gasteiger partial charge in [-0.3, -0.25) is 19.3 Å². The van der Waals surface area contributed by atoms with E-state index in [4.69, 9.17) is 4.74 Å². The number of thioether (sulfide) groups is 1. The van der Waals surface area contributed by atoms with Crippen molar-refractivity contribution in [2.24, 2.45) is 11.8 Å². The van der Waals surface area contributed by atoms with Crippen LogP contribution in [0.15, 0.2) is 24.3 Å². The van der Waals surface area contributed by atoms with Gasteiger partial charge in [0.25, 0.3) is 0 Å². The molecule has 1 spiro atoms. The molecule has 3 saturated heterocycles. The monoisotopic (exact) mass is 490 g/mol. The smallest absolute Gasteiger partial charge is 0.247 e. The van der Waals surface area contributed by atoms with E-state index in [9.17, 15) is 19.5 Å². The molecule has 0 radical (unpaired) electrons. The number of aliphatic hydroxyl groups excluding tert-OH is 1.